The normalized spacial score (nSPS) is 19.6. The Morgan fingerprint density at radius 1 is 1.37 bits per heavy atom. The second-order valence-corrected chi connectivity index (χ2v) is 4.93. The maximum Gasteiger partial charge on any atom is 0.254 e. The number of hydrogen-bond donors (Lipinski definition) is 1. The lowest BCUT2D eigenvalue weighted by molar-refractivity contribution is 0.0658. The van der Waals surface area contributed by atoms with Crippen molar-refractivity contribution in [1.82, 2.24) is 15.2 Å². The summed E-state index contributed by atoms with van der Waals surface area (Å²) in [6.45, 7) is 4.55. The number of carbonyl (C=O) groups is 1. The summed E-state index contributed by atoms with van der Waals surface area (Å²) in [4.78, 5) is 18.9. The molecule has 1 fully saturated rings. The number of rotatable bonds is 1. The Morgan fingerprint density at radius 3 is 3.05 bits per heavy atom. The molecule has 0 bridgehead atoms. The van der Waals surface area contributed by atoms with Crippen molar-refractivity contribution in [1.29, 1.82) is 0 Å². The molecule has 4 nitrogen and oxygen atoms in total. The Balaban J connectivity index is 2.01. The summed E-state index contributed by atoms with van der Waals surface area (Å²) in [5.74, 6) is 0.104. The van der Waals surface area contributed by atoms with Gasteiger partial charge in [0.25, 0.3) is 5.91 Å². The highest BCUT2D eigenvalue weighted by atomic mass is 16.2. The van der Waals surface area contributed by atoms with E-state index in [0.29, 0.717) is 0 Å². The zero-order chi connectivity index (χ0) is 13.2. The number of fused-ring (bicyclic) bond motifs is 1. The van der Waals surface area contributed by atoms with E-state index in [9.17, 15) is 4.79 Å². The topological polar surface area (TPSA) is 45.2 Å². The fraction of sp³-hybridized carbons (Fsp3) is 0.333. The van der Waals surface area contributed by atoms with Crippen LogP contribution < -0.4 is 5.32 Å². The molecular formula is C15H17N3O. The molecule has 1 saturated heterocycles. The number of nitrogens with zero attached hydrogens (tertiary/aromatic N) is 2. The van der Waals surface area contributed by atoms with Crippen LogP contribution in [0.1, 0.15) is 17.3 Å². The number of benzene rings is 1. The highest BCUT2D eigenvalue weighted by molar-refractivity contribution is 6.06. The molecule has 3 rings (SSSR count). The van der Waals surface area contributed by atoms with Gasteiger partial charge in [-0.25, -0.2) is 0 Å². The lowest BCUT2D eigenvalue weighted by Crippen LogP contribution is -2.52. The molecule has 2 heterocycles. The van der Waals surface area contributed by atoms with Gasteiger partial charge in [-0.1, -0.05) is 18.2 Å². The first-order valence-corrected chi connectivity index (χ1v) is 6.63. The largest absolute Gasteiger partial charge is 0.333 e. The third-order valence-corrected chi connectivity index (χ3v) is 3.64. The Bertz CT molecular complexity index is 606. The van der Waals surface area contributed by atoms with Crippen LogP contribution >= 0.6 is 0 Å². The number of carbonyl (C=O) groups excluding carboxylic acids is 1. The number of piperazine rings is 1. The maximum atomic E-state index is 12.7. The first-order chi connectivity index (χ1) is 9.27. The number of aromatic nitrogens is 1. The second-order valence-electron chi connectivity index (χ2n) is 4.93. The Kier molecular flexibility index (Phi) is 3.17. The Hall–Kier alpha value is -1.94. The minimum absolute atomic E-state index is 0.104. The number of nitrogens with one attached hydrogen (secondary N) is 1. The summed E-state index contributed by atoms with van der Waals surface area (Å²) >= 11 is 0. The highest BCUT2D eigenvalue weighted by Crippen LogP contribution is 2.19. The minimum atomic E-state index is 0.104. The molecule has 1 aliphatic heterocycles. The molecule has 1 aromatic carbocycles. The van der Waals surface area contributed by atoms with Gasteiger partial charge >= 0.3 is 0 Å². The van der Waals surface area contributed by atoms with E-state index in [-0.39, 0.29) is 11.9 Å². The van der Waals surface area contributed by atoms with Crippen LogP contribution in [0.5, 0.6) is 0 Å². The molecule has 0 spiro atoms. The number of amides is 1. The van der Waals surface area contributed by atoms with Gasteiger partial charge in [0.15, 0.2) is 0 Å². The van der Waals surface area contributed by atoms with Gasteiger partial charge in [-0.15, -0.1) is 0 Å². The van der Waals surface area contributed by atoms with E-state index in [1.807, 2.05) is 35.2 Å². The molecule has 1 atom stereocenters. The highest BCUT2D eigenvalue weighted by Gasteiger charge is 2.25. The van der Waals surface area contributed by atoms with Crippen molar-refractivity contribution in [2.75, 3.05) is 19.6 Å². The van der Waals surface area contributed by atoms with Crippen LogP contribution in [0.2, 0.25) is 0 Å². The van der Waals surface area contributed by atoms with Crippen molar-refractivity contribution in [3.05, 3.63) is 42.1 Å². The van der Waals surface area contributed by atoms with Crippen LogP contribution in [0.15, 0.2) is 36.5 Å². The van der Waals surface area contributed by atoms with E-state index < -0.39 is 0 Å². The third kappa shape index (κ3) is 2.19. The van der Waals surface area contributed by atoms with Gasteiger partial charge in [0.2, 0.25) is 0 Å². The molecule has 1 amide bonds. The van der Waals surface area contributed by atoms with E-state index in [1.165, 1.54) is 0 Å². The van der Waals surface area contributed by atoms with Gasteiger partial charge < -0.3 is 10.2 Å². The molecule has 0 radical (unpaired) electrons. The average molecular weight is 255 g/mol. The molecule has 1 N–H and O–H groups in total. The molecule has 98 valence electrons. The van der Waals surface area contributed by atoms with Crippen LogP contribution in [-0.4, -0.2) is 41.5 Å². The monoisotopic (exact) mass is 255 g/mol. The van der Waals surface area contributed by atoms with Gasteiger partial charge in [0.05, 0.1) is 11.1 Å². The van der Waals surface area contributed by atoms with Gasteiger partial charge in [0.1, 0.15) is 0 Å². The molecule has 1 unspecified atom stereocenters. The third-order valence-electron chi connectivity index (χ3n) is 3.64. The predicted octanol–water partition coefficient (Wildman–Crippen LogP) is 1.67. The smallest absolute Gasteiger partial charge is 0.254 e. The van der Waals surface area contributed by atoms with Gasteiger partial charge in [-0.05, 0) is 19.1 Å². The number of pyridine rings is 1. The fourth-order valence-electron chi connectivity index (χ4n) is 2.58. The molecule has 1 aliphatic rings. The van der Waals surface area contributed by atoms with E-state index in [1.54, 1.807) is 6.20 Å². The van der Waals surface area contributed by atoms with Crippen LogP contribution in [0.3, 0.4) is 0 Å². The van der Waals surface area contributed by atoms with Crippen LogP contribution in [0.4, 0.5) is 0 Å². The van der Waals surface area contributed by atoms with Gasteiger partial charge in [-0.2, -0.15) is 0 Å². The standard InChI is InChI=1S/C15H17N3O/c1-11-10-16-8-9-18(11)15(19)13-6-7-17-14-5-3-2-4-12(13)14/h2-7,11,16H,8-10H2,1H3. The summed E-state index contributed by atoms with van der Waals surface area (Å²) in [6.07, 6.45) is 1.71. The first-order valence-electron chi connectivity index (χ1n) is 6.63. The number of hydrogen-bond acceptors (Lipinski definition) is 3. The molecule has 0 saturated carbocycles. The summed E-state index contributed by atoms with van der Waals surface area (Å²) in [5, 5.41) is 4.23. The van der Waals surface area contributed by atoms with Crippen LogP contribution in [0.25, 0.3) is 10.9 Å². The first kappa shape index (κ1) is 12.1. The molecule has 2 aromatic rings. The molecule has 0 aliphatic carbocycles. The maximum absolute atomic E-state index is 12.7. The van der Waals surface area contributed by atoms with Crippen LogP contribution in [0, 0.1) is 0 Å². The molecule has 4 heteroatoms. The van der Waals surface area contributed by atoms with Crippen molar-refractivity contribution in [2.24, 2.45) is 0 Å². The molecule has 1 aromatic heterocycles. The predicted molar refractivity (Wildman–Crippen MR) is 75.1 cm³/mol. The van der Waals surface area contributed by atoms with E-state index >= 15 is 0 Å². The average Bonchev–Trinajstić information content (AvgIpc) is 2.46. The van der Waals surface area contributed by atoms with E-state index in [4.69, 9.17) is 0 Å². The Labute approximate surface area is 112 Å². The lowest BCUT2D eigenvalue weighted by Gasteiger charge is -2.34. The summed E-state index contributed by atoms with van der Waals surface area (Å²) < 4.78 is 0. The Morgan fingerprint density at radius 2 is 2.21 bits per heavy atom. The van der Waals surface area contributed by atoms with Gasteiger partial charge in [-0.3, -0.25) is 9.78 Å². The molecular weight excluding hydrogens is 238 g/mol. The quantitative estimate of drug-likeness (QED) is 0.843. The number of para-hydroxylation sites is 1. The van der Waals surface area contributed by atoms with Crippen LogP contribution in [-0.2, 0) is 0 Å². The second kappa shape index (κ2) is 4.97. The van der Waals surface area contributed by atoms with E-state index in [0.717, 1.165) is 36.1 Å². The van der Waals surface area contributed by atoms with Crippen molar-refractivity contribution < 1.29 is 4.79 Å². The summed E-state index contributed by atoms with van der Waals surface area (Å²) in [6, 6.07) is 9.84. The van der Waals surface area contributed by atoms with Crippen molar-refractivity contribution in [3.63, 3.8) is 0 Å². The zero-order valence-corrected chi connectivity index (χ0v) is 11.0. The molecule has 19 heavy (non-hydrogen) atoms. The van der Waals surface area contributed by atoms with Gasteiger partial charge in [0, 0.05) is 37.3 Å². The zero-order valence-electron chi connectivity index (χ0n) is 11.0. The van der Waals surface area contributed by atoms with Crippen molar-refractivity contribution in [3.8, 4) is 0 Å². The van der Waals surface area contributed by atoms with E-state index in [2.05, 4.69) is 17.2 Å². The SMILES string of the molecule is CC1CNCCN1C(=O)c1ccnc2ccccc12. The summed E-state index contributed by atoms with van der Waals surface area (Å²) in [5.41, 5.74) is 1.62. The lowest BCUT2D eigenvalue weighted by atomic mass is 10.1. The van der Waals surface area contributed by atoms with Crippen molar-refractivity contribution in [2.45, 2.75) is 13.0 Å². The summed E-state index contributed by atoms with van der Waals surface area (Å²) in [7, 11) is 0. The van der Waals surface area contributed by atoms with Crippen molar-refractivity contribution >= 4 is 16.8 Å². The minimum Gasteiger partial charge on any atom is -0.333 e. The fourth-order valence-corrected chi connectivity index (χ4v) is 2.58.